The van der Waals surface area contributed by atoms with Crippen LogP contribution in [0, 0.1) is 11.3 Å². The van der Waals surface area contributed by atoms with E-state index in [1.165, 1.54) is 18.2 Å². The molecule has 0 saturated carbocycles. The average Bonchev–Trinajstić information content (AvgIpc) is 2.59. The maximum Gasteiger partial charge on any atom is 0.244 e. The Bertz CT molecular complexity index is 797. The summed E-state index contributed by atoms with van der Waals surface area (Å²) in [5.74, 6) is -0.208. The Morgan fingerprint density at radius 2 is 1.95 bits per heavy atom. The molecule has 0 N–H and O–H groups in total. The average molecular weight is 349 g/mol. The predicted molar refractivity (Wildman–Crippen MR) is 78.2 cm³/mol. The standard InChI is InChI=1S/C12H13ClN2O4S2/c13-11-8-10(9-14)2-3-12(11)21(18,19)15-4-1-6-20(16,17)7-5-15/h2-3,8H,1,4-7H2. The number of benzene rings is 1. The smallest absolute Gasteiger partial charge is 0.229 e. The van der Waals surface area contributed by atoms with Crippen LogP contribution in [0.25, 0.3) is 0 Å². The molecule has 0 bridgehead atoms. The third kappa shape index (κ3) is 3.55. The molecule has 1 fully saturated rings. The lowest BCUT2D eigenvalue weighted by Gasteiger charge is -2.20. The molecule has 6 nitrogen and oxygen atoms in total. The lowest BCUT2D eigenvalue weighted by Crippen LogP contribution is -2.33. The minimum Gasteiger partial charge on any atom is -0.229 e. The van der Waals surface area contributed by atoms with Crippen molar-refractivity contribution in [2.24, 2.45) is 0 Å². The lowest BCUT2D eigenvalue weighted by atomic mass is 10.2. The molecular weight excluding hydrogens is 336 g/mol. The number of nitriles is 1. The highest BCUT2D eigenvalue weighted by atomic mass is 35.5. The van der Waals surface area contributed by atoms with Crippen molar-refractivity contribution in [2.75, 3.05) is 24.6 Å². The molecule has 0 aromatic heterocycles. The monoisotopic (exact) mass is 348 g/mol. The Morgan fingerprint density at radius 1 is 1.24 bits per heavy atom. The first-order chi connectivity index (χ1) is 9.76. The predicted octanol–water partition coefficient (Wildman–Crippen LogP) is 1.02. The highest BCUT2D eigenvalue weighted by Gasteiger charge is 2.30. The number of hydrogen-bond acceptors (Lipinski definition) is 5. The zero-order valence-electron chi connectivity index (χ0n) is 11.0. The van der Waals surface area contributed by atoms with Gasteiger partial charge in [0.2, 0.25) is 10.0 Å². The van der Waals surface area contributed by atoms with E-state index in [1.807, 2.05) is 6.07 Å². The third-order valence-corrected chi connectivity index (χ3v) is 7.29. The Morgan fingerprint density at radius 3 is 2.57 bits per heavy atom. The number of hydrogen-bond donors (Lipinski definition) is 0. The van der Waals surface area contributed by atoms with Gasteiger partial charge in [0.25, 0.3) is 0 Å². The van der Waals surface area contributed by atoms with Crippen molar-refractivity contribution in [2.45, 2.75) is 11.3 Å². The van der Waals surface area contributed by atoms with E-state index < -0.39 is 19.9 Å². The molecule has 1 aliphatic rings. The quantitative estimate of drug-likeness (QED) is 0.795. The van der Waals surface area contributed by atoms with E-state index >= 15 is 0 Å². The fourth-order valence-electron chi connectivity index (χ4n) is 2.07. The largest absolute Gasteiger partial charge is 0.244 e. The van der Waals surface area contributed by atoms with E-state index in [0.29, 0.717) is 0 Å². The first kappa shape index (κ1) is 16.2. The fraction of sp³-hybridized carbons (Fsp3) is 0.417. The summed E-state index contributed by atoms with van der Waals surface area (Å²) in [4.78, 5) is -0.109. The van der Waals surface area contributed by atoms with Crippen LogP contribution in [0.3, 0.4) is 0 Å². The van der Waals surface area contributed by atoms with Gasteiger partial charge in [-0.15, -0.1) is 0 Å². The van der Waals surface area contributed by atoms with E-state index in [2.05, 4.69) is 0 Å². The number of halogens is 1. The first-order valence-electron chi connectivity index (χ1n) is 6.16. The minimum atomic E-state index is -3.86. The molecule has 1 aromatic rings. The normalized spacial score (nSPS) is 19.6. The summed E-state index contributed by atoms with van der Waals surface area (Å²) in [6.45, 7) is 0.0545. The molecule has 1 aliphatic heterocycles. The molecule has 0 amide bonds. The maximum absolute atomic E-state index is 12.5. The third-order valence-electron chi connectivity index (χ3n) is 3.19. The SMILES string of the molecule is N#Cc1ccc(S(=O)(=O)N2CCCS(=O)(=O)CC2)c(Cl)c1. The van der Waals surface area contributed by atoms with Crippen LogP contribution in [-0.4, -0.2) is 45.7 Å². The Kier molecular flexibility index (Phi) is 4.58. The van der Waals surface area contributed by atoms with E-state index in [-0.39, 0.29) is 46.5 Å². The highest BCUT2D eigenvalue weighted by Crippen LogP contribution is 2.26. The Hall–Kier alpha value is -1.14. The number of sulfone groups is 1. The maximum atomic E-state index is 12.5. The van der Waals surface area contributed by atoms with Crippen molar-refractivity contribution >= 4 is 31.5 Å². The molecule has 0 atom stereocenters. The number of sulfonamides is 1. The van der Waals surface area contributed by atoms with Crippen LogP contribution in [0.4, 0.5) is 0 Å². The van der Waals surface area contributed by atoms with Gasteiger partial charge in [-0.25, -0.2) is 16.8 Å². The van der Waals surface area contributed by atoms with Crippen molar-refractivity contribution in [1.29, 1.82) is 5.26 Å². The second-order valence-corrected chi connectivity index (χ2v) is 9.28. The van der Waals surface area contributed by atoms with Gasteiger partial charge >= 0.3 is 0 Å². The van der Waals surface area contributed by atoms with Crippen LogP contribution in [0.5, 0.6) is 0 Å². The second kappa shape index (κ2) is 5.93. The van der Waals surface area contributed by atoms with E-state index in [4.69, 9.17) is 16.9 Å². The van der Waals surface area contributed by atoms with E-state index in [1.54, 1.807) is 0 Å². The first-order valence-corrected chi connectivity index (χ1v) is 9.80. The van der Waals surface area contributed by atoms with Crippen molar-refractivity contribution in [1.82, 2.24) is 4.31 Å². The van der Waals surface area contributed by atoms with E-state index in [0.717, 1.165) is 4.31 Å². The summed E-state index contributed by atoms with van der Waals surface area (Å²) in [6.07, 6.45) is 0.259. The van der Waals surface area contributed by atoms with Crippen molar-refractivity contribution in [3.63, 3.8) is 0 Å². The molecule has 1 saturated heterocycles. The van der Waals surface area contributed by atoms with Crippen LogP contribution in [-0.2, 0) is 19.9 Å². The van der Waals surface area contributed by atoms with Gasteiger partial charge in [0.05, 0.1) is 28.2 Å². The zero-order chi connectivity index (χ0) is 15.7. The van der Waals surface area contributed by atoms with Gasteiger partial charge in [-0.3, -0.25) is 0 Å². The molecule has 1 heterocycles. The molecule has 9 heteroatoms. The summed E-state index contributed by atoms with van der Waals surface area (Å²) in [5, 5.41) is 8.72. The summed E-state index contributed by atoms with van der Waals surface area (Å²) >= 11 is 5.93. The van der Waals surface area contributed by atoms with Gasteiger partial charge < -0.3 is 0 Å². The number of rotatable bonds is 2. The van der Waals surface area contributed by atoms with Gasteiger partial charge in [-0.1, -0.05) is 11.6 Å². The summed E-state index contributed by atoms with van der Waals surface area (Å²) < 4.78 is 49.3. The van der Waals surface area contributed by atoms with Crippen molar-refractivity contribution in [3.05, 3.63) is 28.8 Å². The van der Waals surface area contributed by atoms with Gasteiger partial charge in [0.1, 0.15) is 4.90 Å². The van der Waals surface area contributed by atoms with Crippen LogP contribution >= 0.6 is 11.6 Å². The molecule has 0 aliphatic carbocycles. The topological polar surface area (TPSA) is 95.3 Å². The Labute approximate surface area is 128 Å². The molecule has 0 spiro atoms. The fourth-order valence-corrected chi connectivity index (χ4v) is 5.46. The van der Waals surface area contributed by atoms with Crippen LogP contribution in [0.2, 0.25) is 5.02 Å². The van der Waals surface area contributed by atoms with Gasteiger partial charge in [-0.2, -0.15) is 9.57 Å². The number of nitrogens with zero attached hydrogens (tertiary/aromatic N) is 2. The van der Waals surface area contributed by atoms with E-state index in [9.17, 15) is 16.8 Å². The second-order valence-electron chi connectivity index (χ2n) is 4.67. The molecule has 0 unspecified atom stereocenters. The summed E-state index contributed by atoms with van der Waals surface area (Å²) in [7, 11) is -7.06. The molecule has 114 valence electrons. The lowest BCUT2D eigenvalue weighted by molar-refractivity contribution is 0.435. The minimum absolute atomic E-state index is 0.0138. The van der Waals surface area contributed by atoms with Crippen LogP contribution in [0.1, 0.15) is 12.0 Å². The van der Waals surface area contributed by atoms with Crippen LogP contribution in [0.15, 0.2) is 23.1 Å². The van der Waals surface area contributed by atoms with Gasteiger partial charge in [0.15, 0.2) is 9.84 Å². The molecular formula is C12H13ClN2O4S2. The Balaban J connectivity index is 2.36. The summed E-state index contributed by atoms with van der Waals surface area (Å²) in [5.41, 5.74) is 0.261. The molecule has 21 heavy (non-hydrogen) atoms. The van der Waals surface area contributed by atoms with Crippen LogP contribution < -0.4 is 0 Å². The van der Waals surface area contributed by atoms with Gasteiger partial charge in [-0.05, 0) is 24.6 Å². The zero-order valence-corrected chi connectivity index (χ0v) is 13.4. The van der Waals surface area contributed by atoms with Crippen molar-refractivity contribution < 1.29 is 16.8 Å². The molecule has 0 radical (unpaired) electrons. The van der Waals surface area contributed by atoms with Gasteiger partial charge in [0, 0.05) is 13.1 Å². The molecule has 2 rings (SSSR count). The molecule has 1 aromatic carbocycles. The summed E-state index contributed by atoms with van der Waals surface area (Å²) in [6, 6.07) is 5.80. The highest BCUT2D eigenvalue weighted by molar-refractivity contribution is 7.91. The van der Waals surface area contributed by atoms with Crippen molar-refractivity contribution in [3.8, 4) is 6.07 Å².